The number of nitrogen functional groups attached to an aromatic ring is 1. The van der Waals surface area contributed by atoms with Crippen LogP contribution in [-0.4, -0.2) is 22.3 Å². The Labute approximate surface area is 127 Å². The molecule has 110 valence electrons. The minimum absolute atomic E-state index is 0.00128. The molecule has 1 aromatic carbocycles. The van der Waals surface area contributed by atoms with Crippen molar-refractivity contribution in [2.45, 2.75) is 26.9 Å². The highest BCUT2D eigenvalue weighted by Gasteiger charge is 2.24. The summed E-state index contributed by atoms with van der Waals surface area (Å²) in [6.45, 7) is 5.92. The van der Waals surface area contributed by atoms with E-state index in [4.69, 9.17) is 5.73 Å². The highest BCUT2D eigenvalue weighted by molar-refractivity contribution is 7.15. The zero-order chi connectivity index (χ0) is 15.0. The molecule has 1 amide bonds. The van der Waals surface area contributed by atoms with E-state index >= 15 is 0 Å². The number of nitrogens with zero attached hydrogens (tertiary/aromatic N) is 2. The van der Waals surface area contributed by atoms with Gasteiger partial charge in [-0.25, -0.2) is 4.98 Å². The number of carbonyl (C=O) groups excluding carboxylic acids is 1. The van der Waals surface area contributed by atoms with Crippen LogP contribution >= 0.6 is 11.3 Å². The van der Waals surface area contributed by atoms with Gasteiger partial charge in [-0.05, 0) is 37.1 Å². The minimum Gasteiger partial charge on any atom is -0.375 e. The van der Waals surface area contributed by atoms with Crippen LogP contribution in [0.1, 0.15) is 21.7 Å². The Morgan fingerprint density at radius 2 is 2.19 bits per heavy atom. The van der Waals surface area contributed by atoms with Gasteiger partial charge < -0.3 is 11.1 Å². The largest absolute Gasteiger partial charge is 0.375 e. The number of anilines is 2. The van der Waals surface area contributed by atoms with Gasteiger partial charge in [0.1, 0.15) is 0 Å². The molecule has 5 nitrogen and oxygen atoms in total. The average Bonchev–Trinajstić information content (AvgIpc) is 2.90. The smallest absolute Gasteiger partial charge is 0.238 e. The Kier molecular flexibility index (Phi) is 3.65. The monoisotopic (exact) mass is 302 g/mol. The molecule has 0 saturated carbocycles. The molecule has 0 saturated heterocycles. The highest BCUT2D eigenvalue weighted by atomic mass is 32.1. The summed E-state index contributed by atoms with van der Waals surface area (Å²) in [5.74, 6) is 0.00128. The number of aromatic nitrogens is 1. The summed E-state index contributed by atoms with van der Waals surface area (Å²) in [6.07, 6.45) is 0. The molecule has 0 atom stereocenters. The number of carbonyl (C=O) groups is 1. The molecule has 0 radical (unpaired) electrons. The number of hydrogen-bond acceptors (Lipinski definition) is 5. The summed E-state index contributed by atoms with van der Waals surface area (Å²) < 4.78 is 0. The van der Waals surface area contributed by atoms with E-state index in [2.05, 4.69) is 22.1 Å². The number of fused-ring (bicyclic) bond motifs is 1. The predicted molar refractivity (Wildman–Crippen MR) is 85.2 cm³/mol. The molecular weight excluding hydrogens is 284 g/mol. The lowest BCUT2D eigenvalue weighted by Gasteiger charge is -2.14. The first-order chi connectivity index (χ1) is 10.0. The normalized spacial score (nSPS) is 14.2. The molecule has 1 aromatic heterocycles. The van der Waals surface area contributed by atoms with Crippen LogP contribution in [0, 0.1) is 13.8 Å². The van der Waals surface area contributed by atoms with Gasteiger partial charge in [0.15, 0.2) is 5.13 Å². The molecule has 0 fully saturated rings. The number of thiazole rings is 1. The molecule has 2 heterocycles. The van der Waals surface area contributed by atoms with Crippen LogP contribution in [0.25, 0.3) is 0 Å². The summed E-state index contributed by atoms with van der Waals surface area (Å²) in [4.78, 5) is 19.6. The molecule has 2 aromatic rings. The third-order valence-corrected chi connectivity index (χ3v) is 4.60. The van der Waals surface area contributed by atoms with Crippen LogP contribution in [-0.2, 0) is 17.9 Å². The molecule has 3 rings (SSSR count). The molecule has 0 aliphatic carbocycles. The van der Waals surface area contributed by atoms with Gasteiger partial charge in [-0.1, -0.05) is 6.07 Å². The van der Waals surface area contributed by atoms with Gasteiger partial charge >= 0.3 is 0 Å². The van der Waals surface area contributed by atoms with Crippen LogP contribution in [0.4, 0.5) is 10.8 Å². The van der Waals surface area contributed by atoms with Gasteiger partial charge in [-0.15, -0.1) is 11.3 Å². The lowest BCUT2D eigenvalue weighted by Crippen LogP contribution is -2.29. The second kappa shape index (κ2) is 5.46. The predicted octanol–water partition coefficient (Wildman–Crippen LogP) is 2.30. The number of nitrogens with two attached hydrogens (primary N) is 1. The van der Waals surface area contributed by atoms with Crippen molar-refractivity contribution in [1.29, 1.82) is 0 Å². The number of benzene rings is 1. The molecular formula is C15H18N4OS. The SMILES string of the molecule is Cc1ccc(NC(=O)CN2Cc3nc(N)sc3C2)cc1C. The summed E-state index contributed by atoms with van der Waals surface area (Å²) >= 11 is 1.51. The number of nitrogens with one attached hydrogen (secondary N) is 1. The minimum atomic E-state index is 0.00128. The van der Waals surface area contributed by atoms with Crippen molar-refractivity contribution >= 4 is 28.1 Å². The molecule has 21 heavy (non-hydrogen) atoms. The standard InChI is InChI=1S/C15H18N4OS/c1-9-3-4-11(5-10(9)2)17-14(20)8-19-6-12-13(7-19)21-15(16)18-12/h3-5H,6-8H2,1-2H3,(H2,16,18)(H,17,20). The second-order valence-corrected chi connectivity index (χ2v) is 6.53. The van der Waals surface area contributed by atoms with Gasteiger partial charge in [0.05, 0.1) is 12.2 Å². The van der Waals surface area contributed by atoms with E-state index in [1.165, 1.54) is 27.3 Å². The third-order valence-electron chi connectivity index (χ3n) is 3.69. The van der Waals surface area contributed by atoms with Crippen molar-refractivity contribution in [1.82, 2.24) is 9.88 Å². The molecule has 3 N–H and O–H groups in total. The summed E-state index contributed by atoms with van der Waals surface area (Å²) in [5, 5.41) is 3.56. The van der Waals surface area contributed by atoms with Gasteiger partial charge in [-0.2, -0.15) is 0 Å². The van der Waals surface area contributed by atoms with Crippen LogP contribution in [0.3, 0.4) is 0 Å². The maximum Gasteiger partial charge on any atom is 0.238 e. The van der Waals surface area contributed by atoms with Crippen molar-refractivity contribution in [3.05, 3.63) is 39.9 Å². The van der Waals surface area contributed by atoms with Crippen molar-refractivity contribution in [2.24, 2.45) is 0 Å². The zero-order valence-corrected chi connectivity index (χ0v) is 13.0. The van der Waals surface area contributed by atoms with Crippen molar-refractivity contribution in [3.8, 4) is 0 Å². The number of aryl methyl sites for hydroxylation is 2. The van der Waals surface area contributed by atoms with E-state index in [9.17, 15) is 4.79 Å². The topological polar surface area (TPSA) is 71.2 Å². The fourth-order valence-corrected chi connectivity index (χ4v) is 3.34. The van der Waals surface area contributed by atoms with Crippen molar-refractivity contribution < 1.29 is 4.79 Å². The fraction of sp³-hybridized carbons (Fsp3) is 0.333. The lowest BCUT2D eigenvalue weighted by atomic mass is 10.1. The Bertz CT molecular complexity index is 671. The van der Waals surface area contributed by atoms with Crippen LogP contribution < -0.4 is 11.1 Å². The highest BCUT2D eigenvalue weighted by Crippen LogP contribution is 2.29. The Hall–Kier alpha value is -1.92. The van der Waals surface area contributed by atoms with Crippen molar-refractivity contribution in [2.75, 3.05) is 17.6 Å². The Balaban J connectivity index is 1.58. The van der Waals surface area contributed by atoms with E-state index < -0.39 is 0 Å². The van der Waals surface area contributed by atoms with Crippen LogP contribution in [0.2, 0.25) is 0 Å². The summed E-state index contributed by atoms with van der Waals surface area (Å²) in [5.41, 5.74) is 9.93. The van der Waals surface area contributed by atoms with Gasteiger partial charge in [0, 0.05) is 23.7 Å². The number of rotatable bonds is 3. The van der Waals surface area contributed by atoms with E-state index in [0.717, 1.165) is 17.9 Å². The molecule has 6 heteroatoms. The van der Waals surface area contributed by atoms with E-state index in [0.29, 0.717) is 18.2 Å². The fourth-order valence-electron chi connectivity index (χ4n) is 2.46. The van der Waals surface area contributed by atoms with Gasteiger partial charge in [0.25, 0.3) is 0 Å². The Morgan fingerprint density at radius 3 is 2.90 bits per heavy atom. The maximum atomic E-state index is 12.1. The zero-order valence-electron chi connectivity index (χ0n) is 12.1. The molecule has 0 unspecified atom stereocenters. The van der Waals surface area contributed by atoms with Gasteiger partial charge in [0.2, 0.25) is 5.91 Å². The molecule has 0 bridgehead atoms. The van der Waals surface area contributed by atoms with Crippen LogP contribution in [0.15, 0.2) is 18.2 Å². The lowest BCUT2D eigenvalue weighted by molar-refractivity contribution is -0.117. The number of amides is 1. The number of hydrogen-bond donors (Lipinski definition) is 2. The van der Waals surface area contributed by atoms with E-state index in [-0.39, 0.29) is 5.91 Å². The molecule has 1 aliphatic rings. The first-order valence-electron chi connectivity index (χ1n) is 6.85. The van der Waals surface area contributed by atoms with E-state index in [1.807, 2.05) is 25.1 Å². The second-order valence-electron chi connectivity index (χ2n) is 5.41. The molecule has 1 aliphatic heterocycles. The first-order valence-corrected chi connectivity index (χ1v) is 7.66. The summed E-state index contributed by atoms with van der Waals surface area (Å²) in [7, 11) is 0. The third kappa shape index (κ3) is 3.06. The Morgan fingerprint density at radius 1 is 1.38 bits per heavy atom. The van der Waals surface area contributed by atoms with Crippen molar-refractivity contribution in [3.63, 3.8) is 0 Å². The first kappa shape index (κ1) is 14.0. The van der Waals surface area contributed by atoms with Gasteiger partial charge in [-0.3, -0.25) is 9.69 Å². The average molecular weight is 302 g/mol. The van der Waals surface area contributed by atoms with Crippen LogP contribution in [0.5, 0.6) is 0 Å². The quantitative estimate of drug-likeness (QED) is 0.912. The molecule has 0 spiro atoms. The van der Waals surface area contributed by atoms with E-state index in [1.54, 1.807) is 0 Å². The summed E-state index contributed by atoms with van der Waals surface area (Å²) in [6, 6.07) is 5.95. The maximum absolute atomic E-state index is 12.1.